The number of carboxylic acid groups (broad SMARTS) is 1. The third-order valence-electron chi connectivity index (χ3n) is 15.5. The number of thiophene rings is 4. The highest BCUT2D eigenvalue weighted by Gasteiger charge is 2.29. The van der Waals surface area contributed by atoms with Crippen molar-refractivity contribution in [1.82, 2.24) is 0 Å². The van der Waals surface area contributed by atoms with E-state index in [1.807, 2.05) is 58.3 Å². The van der Waals surface area contributed by atoms with E-state index in [0.717, 1.165) is 86.6 Å². The van der Waals surface area contributed by atoms with Gasteiger partial charge in [0.25, 0.3) is 5.70 Å². The Morgan fingerprint density at radius 2 is 0.866 bits per heavy atom. The van der Waals surface area contributed by atoms with Gasteiger partial charge in [0.2, 0.25) is 0 Å². The Bertz CT molecular complexity index is 3870. The van der Waals surface area contributed by atoms with Crippen molar-refractivity contribution in [2.24, 2.45) is 0 Å². The van der Waals surface area contributed by atoms with Gasteiger partial charge in [-0.05, 0) is 167 Å². The molecule has 0 bridgehead atoms. The fourth-order valence-electron chi connectivity index (χ4n) is 11.2. The number of para-hydroxylation sites is 2. The van der Waals surface area contributed by atoms with Gasteiger partial charge < -0.3 is 10.0 Å². The molecule has 0 fully saturated rings. The van der Waals surface area contributed by atoms with Crippen LogP contribution in [0.3, 0.4) is 0 Å². The number of hydrogen-bond donors (Lipinski definition) is 1. The fraction of sp³-hybridized carbons (Fsp3) is 0.219. The van der Waals surface area contributed by atoms with E-state index >= 15 is 0 Å². The van der Waals surface area contributed by atoms with Crippen LogP contribution in [0.5, 0.6) is 0 Å². The van der Waals surface area contributed by atoms with E-state index in [1.165, 1.54) is 121 Å². The summed E-state index contributed by atoms with van der Waals surface area (Å²) < 4.78 is 0. The predicted molar refractivity (Wildman–Crippen MR) is 350 cm³/mol. The van der Waals surface area contributed by atoms with Crippen molar-refractivity contribution in [1.29, 1.82) is 0 Å². The molecule has 0 aliphatic heterocycles. The van der Waals surface area contributed by atoms with E-state index in [2.05, 4.69) is 181 Å². The summed E-state index contributed by atoms with van der Waals surface area (Å²) in [6, 6.07) is 64.6. The molecule has 0 saturated heterocycles. The van der Waals surface area contributed by atoms with Crippen LogP contribution in [0.1, 0.15) is 124 Å². The highest BCUT2D eigenvalue weighted by Crippen LogP contribution is 2.49. The Labute approximate surface area is 499 Å². The highest BCUT2D eigenvalue weighted by atomic mass is 32.1. The molecule has 82 heavy (non-hydrogen) atoms. The van der Waals surface area contributed by atoms with Gasteiger partial charge in [-0.2, -0.15) is 0 Å². The molecule has 0 atom stereocenters. The molecule has 0 radical (unpaired) electrons. The van der Waals surface area contributed by atoms with Crippen molar-refractivity contribution in [2.45, 2.75) is 104 Å². The minimum Gasteiger partial charge on any atom is -0.486 e. The van der Waals surface area contributed by atoms with Crippen molar-refractivity contribution in [3.05, 3.63) is 227 Å². The maximum absolute atomic E-state index is 14.7. The molecule has 4 heterocycles. The average molecular weight is 1150 g/mol. The second kappa shape index (κ2) is 26.5. The zero-order valence-corrected chi connectivity index (χ0v) is 49.9. The molecule has 1 aliphatic carbocycles. The van der Waals surface area contributed by atoms with E-state index in [4.69, 9.17) is 6.57 Å². The Morgan fingerprint density at radius 1 is 0.451 bits per heavy atom. The first-order chi connectivity index (χ1) is 40.3. The number of aliphatic carboxylic acids is 1. The van der Waals surface area contributed by atoms with Crippen molar-refractivity contribution in [3.8, 4) is 72.4 Å². The molecule has 10 aromatic rings. The molecule has 1 aliphatic rings. The lowest BCUT2D eigenvalue weighted by atomic mass is 10.0. The van der Waals surface area contributed by atoms with Crippen molar-refractivity contribution < 1.29 is 14.7 Å². The molecule has 1 N–H and O–H groups in total. The molecule has 0 saturated carbocycles. The lowest BCUT2D eigenvalue weighted by Crippen LogP contribution is -2.09. The smallest absolute Gasteiger partial charge is 0.333 e. The largest absolute Gasteiger partial charge is 0.486 e. The number of ketones is 1. The third kappa shape index (κ3) is 12.7. The number of unbranched alkanes of at least 4 members (excludes halogenated alkanes) is 10. The normalized spacial score (nSPS) is 11.9. The zero-order chi connectivity index (χ0) is 56.4. The summed E-state index contributed by atoms with van der Waals surface area (Å²) >= 11 is 7.29. The quantitative estimate of drug-likeness (QED) is 0.0352. The van der Waals surface area contributed by atoms with Gasteiger partial charge in [0.15, 0.2) is 5.78 Å². The molecule has 6 aromatic carbocycles. The van der Waals surface area contributed by atoms with Crippen LogP contribution in [0.2, 0.25) is 0 Å². The van der Waals surface area contributed by atoms with Crippen LogP contribution in [0, 0.1) is 6.57 Å². The van der Waals surface area contributed by atoms with Gasteiger partial charge in [0.1, 0.15) is 0 Å². The zero-order valence-electron chi connectivity index (χ0n) is 46.6. The van der Waals surface area contributed by atoms with Crippen molar-refractivity contribution in [3.63, 3.8) is 0 Å². The first-order valence-corrected chi connectivity index (χ1v) is 32.3. The number of carboxylic acids is 1. The van der Waals surface area contributed by atoms with E-state index < -0.39 is 5.97 Å². The standard InChI is InChI=1S/C73H66N2O3S4/c1-4-6-8-10-12-16-22-54-47-68(81-71(54)66-42-40-64(79-66)50-30-28-49(29-31-50)44-63(74-3)73(77)78)52-34-38-59-60-39-35-53(46-62(60)70(76)61(59)45-52)69-48-55(23-17-13-11-9-7-5-2)72(82-69)67-43-41-65(80-67)51-32-36-58(37-33-51)75(56-24-18-14-19-25-56)57-26-20-15-21-27-57/h14-15,18-21,24-48H,4-13,16-17,22-23H2,1-2H3,(H,77,78)/b63-44-. The minimum atomic E-state index is -1.23. The molecule has 11 rings (SSSR count). The molecular formula is C73H66N2O3S4. The molecule has 0 unspecified atom stereocenters. The predicted octanol–water partition coefficient (Wildman–Crippen LogP) is 22.8. The highest BCUT2D eigenvalue weighted by molar-refractivity contribution is 7.26. The SMILES string of the molecule is [C-]#[N+]/C(=C\c1ccc(-c2ccc(-c3sc(-c4ccc5c(c4)C(=O)c4cc(-c6cc(CCCCCCCC)c(-c7ccc(-c8ccc(N(c9ccccc9)c9ccccc9)cc8)s7)s6)ccc4-5)cc3CCCCCCCC)s2)cc1)C(=O)O. The van der Waals surface area contributed by atoms with E-state index in [0.29, 0.717) is 5.56 Å². The van der Waals surface area contributed by atoms with Crippen LogP contribution < -0.4 is 4.90 Å². The molecule has 0 amide bonds. The van der Waals surface area contributed by atoms with Gasteiger partial charge in [-0.25, -0.2) is 4.85 Å². The number of benzene rings is 6. The maximum Gasteiger partial charge on any atom is 0.333 e. The monoisotopic (exact) mass is 1150 g/mol. The first kappa shape index (κ1) is 56.2. The third-order valence-corrected chi connectivity index (χ3v) is 20.6. The Balaban J connectivity index is 0.850. The number of hydrogen-bond acceptors (Lipinski definition) is 7. The summed E-state index contributed by atoms with van der Waals surface area (Å²) in [4.78, 5) is 41.4. The van der Waals surface area contributed by atoms with Crippen molar-refractivity contribution in [2.75, 3.05) is 4.90 Å². The summed E-state index contributed by atoms with van der Waals surface area (Å²) in [6.07, 6.45) is 18.3. The topological polar surface area (TPSA) is 62.0 Å². The summed E-state index contributed by atoms with van der Waals surface area (Å²) in [5.74, 6) is -1.14. The van der Waals surface area contributed by atoms with Crippen LogP contribution in [0.4, 0.5) is 17.1 Å². The number of anilines is 3. The van der Waals surface area contributed by atoms with Crippen LogP contribution in [-0.2, 0) is 17.6 Å². The van der Waals surface area contributed by atoms with Gasteiger partial charge in [-0.1, -0.05) is 175 Å². The van der Waals surface area contributed by atoms with Gasteiger partial charge in [-0.15, -0.1) is 45.3 Å². The number of carbonyl (C=O) groups is 2. The lowest BCUT2D eigenvalue weighted by Gasteiger charge is -2.25. The first-order valence-electron chi connectivity index (χ1n) is 29.0. The van der Waals surface area contributed by atoms with Gasteiger partial charge in [0, 0.05) is 67.2 Å². The number of fused-ring (bicyclic) bond motifs is 3. The second-order valence-corrected chi connectivity index (χ2v) is 25.5. The summed E-state index contributed by atoms with van der Waals surface area (Å²) in [5.41, 5.74) is 14.4. The minimum absolute atomic E-state index is 0.0871. The molecule has 4 aromatic heterocycles. The summed E-state index contributed by atoms with van der Waals surface area (Å²) in [7, 11) is 0. The molecule has 0 spiro atoms. The Hall–Kier alpha value is -7.71. The number of rotatable bonds is 25. The Morgan fingerprint density at radius 3 is 1.32 bits per heavy atom. The van der Waals surface area contributed by atoms with E-state index in [9.17, 15) is 14.7 Å². The maximum atomic E-state index is 14.7. The summed E-state index contributed by atoms with van der Waals surface area (Å²) in [5, 5.41) is 9.36. The number of aryl methyl sites for hydroxylation is 2. The molecule has 410 valence electrons. The van der Waals surface area contributed by atoms with Crippen LogP contribution in [0.15, 0.2) is 188 Å². The van der Waals surface area contributed by atoms with Gasteiger partial charge in [0.05, 0.1) is 6.57 Å². The van der Waals surface area contributed by atoms with Crippen LogP contribution in [-0.4, -0.2) is 16.9 Å². The summed E-state index contributed by atoms with van der Waals surface area (Å²) in [6.45, 7) is 11.8. The molecule has 5 nitrogen and oxygen atoms in total. The average Bonchev–Trinajstić information content (AvgIpc) is 4.04. The van der Waals surface area contributed by atoms with Crippen molar-refractivity contribution >= 4 is 80.2 Å². The van der Waals surface area contributed by atoms with Crippen LogP contribution in [0.25, 0.3) is 83.3 Å². The van der Waals surface area contributed by atoms with Gasteiger partial charge >= 0.3 is 5.97 Å². The van der Waals surface area contributed by atoms with Crippen LogP contribution >= 0.6 is 45.3 Å². The van der Waals surface area contributed by atoms with Gasteiger partial charge in [-0.3, -0.25) is 9.59 Å². The fourth-order valence-corrected chi connectivity index (χ4v) is 15.9. The van der Waals surface area contributed by atoms with E-state index in [-0.39, 0.29) is 11.5 Å². The lowest BCUT2D eigenvalue weighted by molar-refractivity contribution is -0.132. The number of nitrogens with zero attached hydrogens (tertiary/aromatic N) is 2. The molecule has 9 heteroatoms. The van der Waals surface area contributed by atoms with E-state index in [1.54, 1.807) is 11.3 Å². The molecular weight excluding hydrogens is 1080 g/mol. The Kier molecular flexibility index (Phi) is 18.1. The second-order valence-electron chi connectivity index (χ2n) is 21.3. The number of carbonyl (C=O) groups excluding carboxylic acids is 1.